The van der Waals surface area contributed by atoms with Gasteiger partial charge in [0.25, 0.3) is 0 Å². The van der Waals surface area contributed by atoms with Gasteiger partial charge in [-0.05, 0) is 36.5 Å². The Hall–Kier alpha value is -0.930. The first-order valence-corrected chi connectivity index (χ1v) is 8.43. The van der Waals surface area contributed by atoms with Gasteiger partial charge in [0.1, 0.15) is 5.82 Å². The van der Waals surface area contributed by atoms with Crippen molar-refractivity contribution in [3.05, 3.63) is 35.6 Å². The van der Waals surface area contributed by atoms with E-state index in [4.69, 9.17) is 0 Å². The van der Waals surface area contributed by atoms with Crippen LogP contribution in [0.3, 0.4) is 0 Å². The Morgan fingerprint density at radius 3 is 2.33 bits per heavy atom. The number of rotatable bonds is 3. The molecule has 0 spiro atoms. The Morgan fingerprint density at radius 2 is 1.67 bits per heavy atom. The summed E-state index contributed by atoms with van der Waals surface area (Å²) in [7, 11) is 0. The van der Waals surface area contributed by atoms with Crippen LogP contribution in [0.25, 0.3) is 0 Å². The highest BCUT2D eigenvalue weighted by molar-refractivity contribution is 5.16. The highest BCUT2D eigenvalue weighted by Gasteiger charge is 2.29. The van der Waals surface area contributed by atoms with Crippen LogP contribution in [0.15, 0.2) is 24.3 Å². The van der Waals surface area contributed by atoms with Crippen LogP contribution < -0.4 is 0 Å². The first-order valence-electron chi connectivity index (χ1n) is 8.43. The third-order valence-corrected chi connectivity index (χ3v) is 5.26. The van der Waals surface area contributed by atoms with Crippen molar-refractivity contribution >= 4 is 0 Å². The van der Waals surface area contributed by atoms with Gasteiger partial charge in [0.15, 0.2) is 0 Å². The fraction of sp³-hybridized carbons (Fsp3) is 0.667. The van der Waals surface area contributed by atoms with E-state index in [1.807, 2.05) is 12.1 Å². The van der Waals surface area contributed by atoms with Crippen LogP contribution >= 0.6 is 0 Å². The van der Waals surface area contributed by atoms with Crippen molar-refractivity contribution in [1.29, 1.82) is 0 Å². The van der Waals surface area contributed by atoms with Crippen molar-refractivity contribution in [2.75, 3.05) is 26.2 Å². The number of hydrogen-bond acceptors (Lipinski definition) is 2. The molecule has 0 bridgehead atoms. The molecule has 1 aliphatic heterocycles. The zero-order chi connectivity index (χ0) is 14.7. The smallest absolute Gasteiger partial charge is 0.123 e. The fourth-order valence-electron chi connectivity index (χ4n) is 3.94. The molecular weight excluding hydrogens is 263 g/mol. The van der Waals surface area contributed by atoms with Crippen molar-refractivity contribution in [3.8, 4) is 0 Å². The highest BCUT2D eigenvalue weighted by atomic mass is 19.1. The van der Waals surface area contributed by atoms with Gasteiger partial charge in [-0.1, -0.05) is 31.9 Å². The van der Waals surface area contributed by atoms with Crippen LogP contribution in [0.2, 0.25) is 0 Å². The van der Waals surface area contributed by atoms with Crippen molar-refractivity contribution in [2.24, 2.45) is 5.92 Å². The molecule has 0 aromatic heterocycles. The predicted molar refractivity (Wildman–Crippen MR) is 84.7 cm³/mol. The summed E-state index contributed by atoms with van der Waals surface area (Å²) >= 11 is 0. The zero-order valence-corrected chi connectivity index (χ0v) is 13.1. The monoisotopic (exact) mass is 290 g/mol. The molecule has 3 rings (SSSR count). The van der Waals surface area contributed by atoms with Gasteiger partial charge in [0.2, 0.25) is 0 Å². The number of benzene rings is 1. The van der Waals surface area contributed by atoms with E-state index in [-0.39, 0.29) is 5.82 Å². The number of piperazine rings is 1. The second kappa shape index (κ2) is 6.89. The molecule has 1 aromatic rings. The maximum atomic E-state index is 12.9. The van der Waals surface area contributed by atoms with E-state index in [9.17, 15) is 4.39 Å². The summed E-state index contributed by atoms with van der Waals surface area (Å²) < 4.78 is 12.9. The first kappa shape index (κ1) is 15.0. The average Bonchev–Trinajstić information content (AvgIpc) is 2.51. The lowest BCUT2D eigenvalue weighted by atomic mass is 9.84. The molecule has 0 N–H and O–H groups in total. The van der Waals surface area contributed by atoms with Crippen molar-refractivity contribution in [1.82, 2.24) is 9.80 Å². The molecule has 0 amide bonds. The molecule has 1 aromatic carbocycles. The Balaban J connectivity index is 1.49. The Morgan fingerprint density at radius 1 is 1.00 bits per heavy atom. The summed E-state index contributed by atoms with van der Waals surface area (Å²) in [6.45, 7) is 8.04. The predicted octanol–water partition coefficient (Wildman–Crippen LogP) is 3.52. The van der Waals surface area contributed by atoms with E-state index >= 15 is 0 Å². The normalized spacial score (nSPS) is 28.7. The van der Waals surface area contributed by atoms with Gasteiger partial charge < -0.3 is 0 Å². The Kier molecular flexibility index (Phi) is 4.91. The van der Waals surface area contributed by atoms with Crippen molar-refractivity contribution in [2.45, 2.75) is 45.2 Å². The third-order valence-electron chi connectivity index (χ3n) is 5.26. The summed E-state index contributed by atoms with van der Waals surface area (Å²) in [5, 5.41) is 0. The van der Waals surface area contributed by atoms with E-state index in [1.54, 1.807) is 12.1 Å². The lowest BCUT2D eigenvalue weighted by Crippen LogP contribution is -2.52. The molecule has 1 heterocycles. The molecule has 0 radical (unpaired) electrons. The maximum Gasteiger partial charge on any atom is 0.123 e. The van der Waals surface area contributed by atoms with E-state index in [1.165, 1.54) is 44.3 Å². The van der Waals surface area contributed by atoms with E-state index in [2.05, 4.69) is 16.7 Å². The third kappa shape index (κ3) is 3.83. The quantitative estimate of drug-likeness (QED) is 0.840. The molecule has 1 saturated heterocycles. The standard InChI is InChI=1S/C18H27FN2/c1-15-4-2-3-5-18(15)21-12-10-20(11-13-21)14-16-6-8-17(19)9-7-16/h6-9,15,18H,2-5,10-14H2,1H3/t15-,18+/m1/s1. The first-order chi connectivity index (χ1) is 10.2. The number of halogens is 1. The molecule has 21 heavy (non-hydrogen) atoms. The SMILES string of the molecule is C[C@@H]1CCCC[C@@H]1N1CCN(Cc2ccc(F)cc2)CC1. The molecule has 116 valence electrons. The summed E-state index contributed by atoms with van der Waals surface area (Å²) in [5.74, 6) is 0.720. The van der Waals surface area contributed by atoms with Crippen LogP contribution in [0.5, 0.6) is 0 Å². The summed E-state index contributed by atoms with van der Waals surface area (Å²) in [4.78, 5) is 5.21. The van der Waals surface area contributed by atoms with Crippen LogP contribution in [0.4, 0.5) is 4.39 Å². The molecule has 2 atom stereocenters. The summed E-state index contributed by atoms with van der Waals surface area (Å²) in [5.41, 5.74) is 1.22. The molecule has 0 unspecified atom stereocenters. The van der Waals surface area contributed by atoms with E-state index in [0.717, 1.165) is 31.6 Å². The van der Waals surface area contributed by atoms with Gasteiger partial charge in [-0.3, -0.25) is 9.80 Å². The molecule has 2 aliphatic rings. The van der Waals surface area contributed by atoms with Gasteiger partial charge in [0.05, 0.1) is 0 Å². The molecule has 1 saturated carbocycles. The van der Waals surface area contributed by atoms with Crippen LogP contribution in [-0.2, 0) is 6.54 Å². The van der Waals surface area contributed by atoms with Gasteiger partial charge in [-0.2, -0.15) is 0 Å². The average molecular weight is 290 g/mol. The van der Waals surface area contributed by atoms with Crippen molar-refractivity contribution < 1.29 is 4.39 Å². The highest BCUT2D eigenvalue weighted by Crippen LogP contribution is 2.28. The topological polar surface area (TPSA) is 6.48 Å². The molecule has 2 fully saturated rings. The maximum absolute atomic E-state index is 12.9. The van der Waals surface area contributed by atoms with Crippen LogP contribution in [-0.4, -0.2) is 42.0 Å². The lowest BCUT2D eigenvalue weighted by molar-refractivity contribution is 0.0518. The molecule has 3 heteroatoms. The van der Waals surface area contributed by atoms with Gasteiger partial charge in [0, 0.05) is 38.8 Å². The van der Waals surface area contributed by atoms with Gasteiger partial charge in [-0.15, -0.1) is 0 Å². The zero-order valence-electron chi connectivity index (χ0n) is 13.1. The second-order valence-electron chi connectivity index (χ2n) is 6.77. The number of hydrogen-bond donors (Lipinski definition) is 0. The fourth-order valence-corrected chi connectivity index (χ4v) is 3.94. The lowest BCUT2D eigenvalue weighted by Gasteiger charge is -2.43. The van der Waals surface area contributed by atoms with Crippen LogP contribution in [0, 0.1) is 11.7 Å². The molecule has 1 aliphatic carbocycles. The number of nitrogens with zero attached hydrogens (tertiary/aromatic N) is 2. The van der Waals surface area contributed by atoms with Gasteiger partial charge in [-0.25, -0.2) is 4.39 Å². The minimum absolute atomic E-state index is 0.144. The minimum atomic E-state index is -0.144. The van der Waals surface area contributed by atoms with Crippen molar-refractivity contribution in [3.63, 3.8) is 0 Å². The second-order valence-corrected chi connectivity index (χ2v) is 6.77. The summed E-state index contributed by atoms with van der Waals surface area (Å²) in [6.07, 6.45) is 5.62. The largest absolute Gasteiger partial charge is 0.298 e. The van der Waals surface area contributed by atoms with E-state index < -0.39 is 0 Å². The molecule has 2 nitrogen and oxygen atoms in total. The van der Waals surface area contributed by atoms with Crippen LogP contribution in [0.1, 0.15) is 38.2 Å². The van der Waals surface area contributed by atoms with E-state index in [0.29, 0.717) is 0 Å². The minimum Gasteiger partial charge on any atom is -0.298 e. The summed E-state index contributed by atoms with van der Waals surface area (Å²) in [6, 6.07) is 7.76. The Labute approximate surface area is 127 Å². The Bertz CT molecular complexity index is 437. The van der Waals surface area contributed by atoms with Gasteiger partial charge >= 0.3 is 0 Å². The molecular formula is C18H27FN2.